The minimum absolute atomic E-state index is 0.0619. The zero-order chi connectivity index (χ0) is 51.1. The van der Waals surface area contributed by atoms with Gasteiger partial charge >= 0.3 is 17.9 Å². The third-order valence-corrected chi connectivity index (χ3v) is 15.1. The summed E-state index contributed by atoms with van der Waals surface area (Å²) in [5.41, 5.74) is 0. The number of carbonyl (C=O) groups is 3. The molecule has 0 saturated heterocycles. The third-order valence-electron chi connectivity index (χ3n) is 15.1. The van der Waals surface area contributed by atoms with Gasteiger partial charge in [0.15, 0.2) is 6.10 Å². The molecule has 0 spiro atoms. The average molecular weight is 990 g/mol. The molecule has 416 valence electrons. The summed E-state index contributed by atoms with van der Waals surface area (Å²) < 4.78 is 16.9. The first-order valence-electron chi connectivity index (χ1n) is 31.8. The smallest absolute Gasteiger partial charge is 0.306 e. The highest BCUT2D eigenvalue weighted by Crippen LogP contribution is 2.19. The van der Waals surface area contributed by atoms with Gasteiger partial charge in [0.2, 0.25) is 0 Å². The van der Waals surface area contributed by atoms with Crippen molar-refractivity contribution in [2.75, 3.05) is 13.2 Å². The molecule has 0 aliphatic carbocycles. The van der Waals surface area contributed by atoms with Crippen LogP contribution in [0.5, 0.6) is 0 Å². The fourth-order valence-electron chi connectivity index (χ4n) is 9.90. The molecule has 0 aromatic heterocycles. The summed E-state index contributed by atoms with van der Waals surface area (Å²) in [6.07, 6.45) is 62.4. The van der Waals surface area contributed by atoms with Crippen LogP contribution >= 0.6 is 0 Å². The number of esters is 3. The Labute approximate surface area is 438 Å². The Bertz CT molecular complexity index is 1070. The van der Waals surface area contributed by atoms with Gasteiger partial charge in [-0.1, -0.05) is 324 Å². The van der Waals surface area contributed by atoms with Gasteiger partial charge in [-0.15, -0.1) is 0 Å². The molecule has 0 radical (unpaired) electrons. The highest BCUT2D eigenvalue weighted by atomic mass is 16.6. The molecule has 0 bridgehead atoms. The largest absolute Gasteiger partial charge is 0.462 e. The lowest BCUT2D eigenvalue weighted by atomic mass is 9.99. The van der Waals surface area contributed by atoms with Gasteiger partial charge in [-0.05, 0) is 31.1 Å². The summed E-state index contributed by atoms with van der Waals surface area (Å²) in [4.78, 5) is 38.2. The van der Waals surface area contributed by atoms with E-state index in [2.05, 4.69) is 34.6 Å². The van der Waals surface area contributed by atoms with Crippen LogP contribution in [0, 0.1) is 11.8 Å². The summed E-state index contributed by atoms with van der Waals surface area (Å²) in [7, 11) is 0. The molecular weight excluding hydrogens is 865 g/mol. The lowest BCUT2D eigenvalue weighted by Gasteiger charge is -2.18. The van der Waals surface area contributed by atoms with Gasteiger partial charge in [-0.2, -0.15) is 0 Å². The highest BCUT2D eigenvalue weighted by Gasteiger charge is 2.19. The Hall–Kier alpha value is -1.59. The maximum atomic E-state index is 12.9. The van der Waals surface area contributed by atoms with Crippen LogP contribution in [-0.2, 0) is 28.6 Å². The van der Waals surface area contributed by atoms with E-state index in [1.54, 1.807) is 0 Å². The van der Waals surface area contributed by atoms with E-state index in [9.17, 15) is 14.4 Å². The number of unbranched alkanes of at least 4 members (excludes halogenated alkanes) is 42. The molecule has 0 rings (SSSR count). The van der Waals surface area contributed by atoms with Crippen molar-refractivity contribution in [2.45, 2.75) is 368 Å². The van der Waals surface area contributed by atoms with Gasteiger partial charge in [-0.3, -0.25) is 14.4 Å². The van der Waals surface area contributed by atoms with Crippen LogP contribution in [0.3, 0.4) is 0 Å². The number of rotatable bonds is 58. The predicted octanol–water partition coefficient (Wildman–Crippen LogP) is 21.2. The second-order valence-electron chi connectivity index (χ2n) is 22.8. The summed E-state index contributed by atoms with van der Waals surface area (Å²) in [5.74, 6) is 0.929. The van der Waals surface area contributed by atoms with E-state index in [-0.39, 0.29) is 31.1 Å². The molecule has 0 fully saturated rings. The first kappa shape index (κ1) is 68.4. The average Bonchev–Trinajstić information content (AvgIpc) is 3.35. The maximum Gasteiger partial charge on any atom is 0.306 e. The summed E-state index contributed by atoms with van der Waals surface area (Å²) in [6.45, 7) is 11.5. The van der Waals surface area contributed by atoms with Gasteiger partial charge < -0.3 is 14.2 Å². The SMILES string of the molecule is CCCCCCCCCCCCCC(=O)OC[C@@H](COC(=O)CCCCCCCCCCCCCCCCCCC(C)C)OC(=O)CCCCCCCCCCCCCCCCCCCCC(C)CC. The fraction of sp³-hybridized carbons (Fsp3) is 0.953. The van der Waals surface area contributed by atoms with Crippen molar-refractivity contribution in [3.8, 4) is 0 Å². The Balaban J connectivity index is 4.21. The van der Waals surface area contributed by atoms with E-state index in [0.29, 0.717) is 19.3 Å². The van der Waals surface area contributed by atoms with Gasteiger partial charge in [-0.25, -0.2) is 0 Å². The number of hydrogen-bond donors (Lipinski definition) is 0. The zero-order valence-corrected chi connectivity index (χ0v) is 48.2. The van der Waals surface area contributed by atoms with Crippen molar-refractivity contribution in [1.29, 1.82) is 0 Å². The van der Waals surface area contributed by atoms with Crippen LogP contribution in [0.2, 0.25) is 0 Å². The van der Waals surface area contributed by atoms with Crippen LogP contribution in [0.25, 0.3) is 0 Å². The summed E-state index contributed by atoms with van der Waals surface area (Å²) >= 11 is 0. The van der Waals surface area contributed by atoms with Crippen LogP contribution in [0.4, 0.5) is 0 Å². The Morgan fingerprint density at radius 2 is 0.543 bits per heavy atom. The van der Waals surface area contributed by atoms with E-state index in [0.717, 1.165) is 69.6 Å². The normalized spacial score (nSPS) is 12.4. The van der Waals surface area contributed by atoms with Gasteiger partial charge in [0.25, 0.3) is 0 Å². The van der Waals surface area contributed by atoms with E-state index in [1.807, 2.05) is 0 Å². The molecule has 0 N–H and O–H groups in total. The standard InChI is InChI=1S/C64H124O6/c1-6-8-9-10-11-12-27-34-39-44-49-54-62(65)68-57-61(58-69-63(66)55-50-45-40-35-30-25-21-18-17-19-23-28-32-37-42-47-52-59(3)4)70-64(67)56-51-46-41-36-31-26-22-16-14-13-15-20-24-29-33-38-43-48-53-60(5)7-2/h59-61H,6-58H2,1-5H3/t60?,61-/m0/s1. The van der Waals surface area contributed by atoms with Crippen molar-refractivity contribution < 1.29 is 28.6 Å². The molecule has 0 heterocycles. The molecular formula is C64H124O6. The van der Waals surface area contributed by atoms with Crippen molar-refractivity contribution in [2.24, 2.45) is 11.8 Å². The molecule has 6 nitrogen and oxygen atoms in total. The Morgan fingerprint density at radius 1 is 0.300 bits per heavy atom. The van der Waals surface area contributed by atoms with Gasteiger partial charge in [0, 0.05) is 19.3 Å². The molecule has 70 heavy (non-hydrogen) atoms. The van der Waals surface area contributed by atoms with Crippen LogP contribution < -0.4 is 0 Å². The number of carbonyl (C=O) groups excluding carboxylic acids is 3. The minimum Gasteiger partial charge on any atom is -0.462 e. The molecule has 0 saturated carbocycles. The van der Waals surface area contributed by atoms with E-state index in [1.165, 1.54) is 250 Å². The Morgan fingerprint density at radius 3 is 0.814 bits per heavy atom. The van der Waals surface area contributed by atoms with Gasteiger partial charge in [0.1, 0.15) is 13.2 Å². The minimum atomic E-state index is -0.763. The molecule has 6 heteroatoms. The predicted molar refractivity (Wildman–Crippen MR) is 303 cm³/mol. The van der Waals surface area contributed by atoms with Crippen molar-refractivity contribution in [3.63, 3.8) is 0 Å². The van der Waals surface area contributed by atoms with E-state index < -0.39 is 6.10 Å². The lowest BCUT2D eigenvalue weighted by molar-refractivity contribution is -0.167. The van der Waals surface area contributed by atoms with E-state index in [4.69, 9.17) is 14.2 Å². The van der Waals surface area contributed by atoms with Crippen molar-refractivity contribution in [1.82, 2.24) is 0 Å². The number of hydrogen-bond acceptors (Lipinski definition) is 6. The molecule has 0 aromatic rings. The second kappa shape index (κ2) is 56.7. The maximum absolute atomic E-state index is 12.9. The molecule has 0 aliphatic heterocycles. The Kier molecular flexibility index (Phi) is 55.4. The highest BCUT2D eigenvalue weighted by molar-refractivity contribution is 5.71. The monoisotopic (exact) mass is 989 g/mol. The van der Waals surface area contributed by atoms with Crippen molar-refractivity contribution in [3.05, 3.63) is 0 Å². The number of ether oxygens (including phenoxy) is 3. The molecule has 1 unspecified atom stereocenters. The van der Waals surface area contributed by atoms with Crippen molar-refractivity contribution >= 4 is 17.9 Å². The molecule has 0 aromatic carbocycles. The molecule has 0 amide bonds. The molecule has 0 aliphatic rings. The van der Waals surface area contributed by atoms with Crippen LogP contribution in [-0.4, -0.2) is 37.2 Å². The fourth-order valence-corrected chi connectivity index (χ4v) is 9.90. The van der Waals surface area contributed by atoms with Crippen LogP contribution in [0.15, 0.2) is 0 Å². The van der Waals surface area contributed by atoms with Gasteiger partial charge in [0.05, 0.1) is 0 Å². The lowest BCUT2D eigenvalue weighted by Crippen LogP contribution is -2.30. The quantitative estimate of drug-likeness (QED) is 0.0343. The van der Waals surface area contributed by atoms with Crippen LogP contribution in [0.1, 0.15) is 362 Å². The summed E-state index contributed by atoms with van der Waals surface area (Å²) in [6, 6.07) is 0. The first-order valence-corrected chi connectivity index (χ1v) is 31.8. The second-order valence-corrected chi connectivity index (χ2v) is 22.8. The first-order chi connectivity index (χ1) is 34.3. The summed E-state index contributed by atoms with van der Waals surface area (Å²) in [5, 5.41) is 0. The zero-order valence-electron chi connectivity index (χ0n) is 48.2. The molecule has 2 atom stereocenters. The van der Waals surface area contributed by atoms with E-state index >= 15 is 0 Å². The topological polar surface area (TPSA) is 78.9 Å². The third kappa shape index (κ3) is 55.7.